The van der Waals surface area contributed by atoms with Crippen LogP contribution in [0.4, 0.5) is 0 Å². The van der Waals surface area contributed by atoms with Crippen LogP contribution in [0.2, 0.25) is 0 Å². The zero-order valence-electron chi connectivity index (χ0n) is 16.9. The van der Waals surface area contributed by atoms with Crippen LogP contribution >= 0.6 is 31.9 Å². The van der Waals surface area contributed by atoms with E-state index in [4.69, 9.17) is 9.47 Å². The van der Waals surface area contributed by atoms with Gasteiger partial charge in [-0.05, 0) is 27.7 Å². The molecule has 0 amide bonds. The highest BCUT2D eigenvalue weighted by Gasteiger charge is 2.79. The van der Waals surface area contributed by atoms with Crippen LogP contribution in [-0.4, -0.2) is 96.1 Å². The molecule has 10 nitrogen and oxygen atoms in total. The number of carbonyl (C=O) groups excluding carboxylic acids is 4. The summed E-state index contributed by atoms with van der Waals surface area (Å²) < 4.78 is 10.8. The van der Waals surface area contributed by atoms with Crippen LogP contribution in [0.25, 0.3) is 0 Å². The number of alkyl halides is 2. The van der Waals surface area contributed by atoms with Crippen molar-refractivity contribution in [2.24, 2.45) is 5.92 Å². The van der Waals surface area contributed by atoms with E-state index in [2.05, 4.69) is 31.9 Å². The van der Waals surface area contributed by atoms with Crippen LogP contribution in [0.5, 0.6) is 0 Å². The molecule has 0 aliphatic carbocycles. The van der Waals surface area contributed by atoms with E-state index in [0.29, 0.717) is 10.7 Å². The molecule has 30 heavy (non-hydrogen) atoms. The van der Waals surface area contributed by atoms with Gasteiger partial charge in [-0.25, -0.2) is 0 Å². The molecule has 12 heteroatoms. The molecule has 0 bridgehead atoms. The topological polar surface area (TPSA) is 168 Å². The number of hydrogen-bond acceptors (Lipinski definition) is 10. The molecule has 0 spiro atoms. The zero-order valence-corrected chi connectivity index (χ0v) is 20.1. The minimum absolute atomic E-state index is 0.161. The van der Waals surface area contributed by atoms with Crippen LogP contribution in [0.15, 0.2) is 0 Å². The summed E-state index contributed by atoms with van der Waals surface area (Å²) in [6.45, 7) is 3.06. The Bertz CT molecular complexity index is 711. The van der Waals surface area contributed by atoms with Crippen molar-refractivity contribution < 1.29 is 49.1 Å². The van der Waals surface area contributed by atoms with E-state index in [1.165, 1.54) is 0 Å². The monoisotopic (exact) mass is 560 g/mol. The Morgan fingerprint density at radius 2 is 1.40 bits per heavy atom. The smallest absolute Gasteiger partial charge is 0.213 e. The molecule has 0 saturated carbocycles. The van der Waals surface area contributed by atoms with Gasteiger partial charge in [0.2, 0.25) is 11.2 Å². The highest BCUT2D eigenvalue weighted by atomic mass is 79.9. The van der Waals surface area contributed by atoms with Gasteiger partial charge in [-0.2, -0.15) is 0 Å². The number of halogens is 2. The van der Waals surface area contributed by atoms with Crippen molar-refractivity contribution in [2.45, 2.75) is 63.0 Å². The minimum atomic E-state index is -3.49. The summed E-state index contributed by atoms with van der Waals surface area (Å²) in [6.07, 6.45) is -6.49. The fourth-order valence-corrected chi connectivity index (χ4v) is 4.89. The Hall–Kier alpha value is -0.600. The molecule has 172 valence electrons. The van der Waals surface area contributed by atoms with E-state index < -0.39 is 58.4 Å². The van der Waals surface area contributed by atoms with Crippen LogP contribution in [-0.2, 0) is 28.7 Å². The number of rotatable bonds is 10. The molecule has 6 atom stereocenters. The summed E-state index contributed by atoms with van der Waals surface area (Å²) in [5.41, 5.74) is -10.1. The van der Waals surface area contributed by atoms with E-state index in [1.807, 2.05) is 0 Å². The molecular formula is C18H26Br2O10. The number of ether oxygens (including phenoxy) is 2. The Morgan fingerprint density at radius 3 is 1.73 bits per heavy atom. The van der Waals surface area contributed by atoms with Gasteiger partial charge in [0.15, 0.2) is 35.0 Å². The largest absolute Gasteiger partial charge is 0.382 e. The average molecular weight is 562 g/mol. The quantitative estimate of drug-likeness (QED) is 0.244. The van der Waals surface area contributed by atoms with Crippen LogP contribution in [0.3, 0.4) is 0 Å². The van der Waals surface area contributed by atoms with Gasteiger partial charge in [0, 0.05) is 16.6 Å². The summed E-state index contributed by atoms with van der Waals surface area (Å²) in [7, 11) is 0. The third kappa shape index (κ3) is 4.08. The first kappa shape index (κ1) is 27.4. The van der Waals surface area contributed by atoms with E-state index in [0.717, 1.165) is 27.7 Å². The number of aliphatic hydroxyl groups excluding tert-OH is 1. The third-order valence-corrected chi connectivity index (χ3v) is 7.16. The van der Waals surface area contributed by atoms with Gasteiger partial charge < -0.3 is 29.9 Å². The molecule has 1 unspecified atom stereocenters. The average Bonchev–Trinajstić information content (AvgIpc) is 2.66. The molecule has 1 saturated heterocycles. The number of aliphatic hydroxyl groups is 4. The number of ketones is 4. The van der Waals surface area contributed by atoms with Gasteiger partial charge in [0.1, 0.15) is 12.2 Å². The Labute approximate surface area is 190 Å². The number of carbonyl (C=O) groups is 4. The van der Waals surface area contributed by atoms with Crippen molar-refractivity contribution in [3.63, 3.8) is 0 Å². The summed E-state index contributed by atoms with van der Waals surface area (Å²) in [4.78, 5) is 49.2. The molecule has 1 aliphatic heterocycles. The van der Waals surface area contributed by atoms with E-state index in [9.17, 15) is 39.6 Å². The molecule has 1 aliphatic rings. The highest BCUT2D eigenvalue weighted by Crippen LogP contribution is 2.48. The lowest BCUT2D eigenvalue weighted by atomic mass is 9.60. The van der Waals surface area contributed by atoms with Crippen molar-refractivity contribution in [1.82, 2.24) is 0 Å². The van der Waals surface area contributed by atoms with E-state index in [-0.39, 0.29) is 12.5 Å². The zero-order chi connectivity index (χ0) is 23.7. The maximum atomic E-state index is 12.5. The summed E-state index contributed by atoms with van der Waals surface area (Å²) in [6, 6.07) is 0. The Balaban J connectivity index is 3.78. The predicted molar refractivity (Wildman–Crippen MR) is 109 cm³/mol. The van der Waals surface area contributed by atoms with Crippen molar-refractivity contribution in [2.75, 3.05) is 17.3 Å². The Kier molecular flexibility index (Phi) is 9.06. The standard InChI is InChI=1S/C18H26Br2O10/c1-8(21)13(25)14-16(26,9(2)22)18(28,11(4)24)17(27,10(3)23)15(30-14)29-7-12(5-19)6-20/h12-15,25-28H,5-7H2,1-4H3/t13?,14-,15+,16-,17+,18+/m1/s1. The Morgan fingerprint density at radius 1 is 0.933 bits per heavy atom. The van der Waals surface area contributed by atoms with Crippen molar-refractivity contribution in [3.8, 4) is 0 Å². The maximum Gasteiger partial charge on any atom is 0.213 e. The SMILES string of the molecule is CC(=O)C(O)[C@H]1O[C@H](OCC(CBr)CBr)[C@@](O)(C(C)=O)[C@](O)(C(C)=O)[C@@]1(O)C(C)=O. The van der Waals surface area contributed by atoms with E-state index in [1.54, 1.807) is 0 Å². The molecule has 1 heterocycles. The summed E-state index contributed by atoms with van der Waals surface area (Å²) >= 11 is 6.48. The molecular weight excluding hydrogens is 536 g/mol. The summed E-state index contributed by atoms with van der Waals surface area (Å²) in [5.74, 6) is -5.10. The molecule has 0 radical (unpaired) electrons. The van der Waals surface area contributed by atoms with Crippen LogP contribution in [0, 0.1) is 5.92 Å². The van der Waals surface area contributed by atoms with Gasteiger partial charge in [0.25, 0.3) is 0 Å². The maximum absolute atomic E-state index is 12.5. The van der Waals surface area contributed by atoms with Gasteiger partial charge >= 0.3 is 0 Å². The second-order valence-electron chi connectivity index (χ2n) is 7.36. The van der Waals surface area contributed by atoms with Gasteiger partial charge in [-0.3, -0.25) is 19.2 Å². The molecule has 0 aromatic carbocycles. The molecule has 0 aromatic heterocycles. The van der Waals surface area contributed by atoms with Crippen LogP contribution < -0.4 is 0 Å². The molecule has 4 N–H and O–H groups in total. The predicted octanol–water partition coefficient (Wildman–Crippen LogP) is -0.956. The first-order valence-electron chi connectivity index (χ1n) is 8.95. The van der Waals surface area contributed by atoms with Crippen molar-refractivity contribution in [3.05, 3.63) is 0 Å². The first-order chi connectivity index (χ1) is 13.7. The molecule has 0 aromatic rings. The lowest BCUT2D eigenvalue weighted by Gasteiger charge is -2.58. The van der Waals surface area contributed by atoms with Crippen molar-refractivity contribution in [1.29, 1.82) is 0 Å². The highest BCUT2D eigenvalue weighted by molar-refractivity contribution is 9.09. The normalized spacial score (nSPS) is 35.2. The lowest BCUT2D eigenvalue weighted by molar-refractivity contribution is -0.373. The van der Waals surface area contributed by atoms with Gasteiger partial charge in [0.05, 0.1) is 6.61 Å². The number of Topliss-reactive ketones (excluding diaryl/α,β-unsaturated/α-hetero) is 4. The number of hydrogen-bond donors (Lipinski definition) is 4. The fraction of sp³-hybridized carbons (Fsp3) is 0.778. The second-order valence-corrected chi connectivity index (χ2v) is 8.66. The lowest BCUT2D eigenvalue weighted by Crippen LogP contribution is -2.87. The van der Waals surface area contributed by atoms with Crippen molar-refractivity contribution >= 4 is 55.0 Å². The first-order valence-corrected chi connectivity index (χ1v) is 11.2. The molecule has 1 rings (SSSR count). The minimum Gasteiger partial charge on any atom is -0.382 e. The summed E-state index contributed by atoms with van der Waals surface area (Å²) in [5, 5.41) is 44.8. The molecule has 1 fully saturated rings. The van der Waals surface area contributed by atoms with Crippen LogP contribution in [0.1, 0.15) is 27.7 Å². The fourth-order valence-electron chi connectivity index (χ4n) is 3.44. The van der Waals surface area contributed by atoms with Gasteiger partial charge in [-0.15, -0.1) is 0 Å². The third-order valence-electron chi connectivity index (χ3n) is 5.33. The van der Waals surface area contributed by atoms with E-state index >= 15 is 0 Å². The second kappa shape index (κ2) is 9.90. The van der Waals surface area contributed by atoms with Gasteiger partial charge in [-0.1, -0.05) is 31.9 Å².